The fourth-order valence-corrected chi connectivity index (χ4v) is 1.59. The summed E-state index contributed by atoms with van der Waals surface area (Å²) < 4.78 is 11.6. The van der Waals surface area contributed by atoms with Crippen LogP contribution in [0.5, 0.6) is 11.5 Å². The molecular weight excluding hydrogens is 230 g/mol. The molecule has 4 heteroatoms. The second-order valence-corrected chi connectivity index (χ2v) is 5.53. The molecule has 0 unspecified atom stereocenters. The molecule has 0 spiro atoms. The minimum absolute atomic E-state index is 0.188. The first-order chi connectivity index (χ1) is 8.37. The number of para-hydroxylation sites is 1. The largest absolute Gasteiger partial charge is 0.486 e. The minimum atomic E-state index is -0.495. The first kappa shape index (κ1) is 12.7. The van der Waals surface area contributed by atoms with Crippen LogP contribution in [0.15, 0.2) is 18.2 Å². The van der Waals surface area contributed by atoms with E-state index in [4.69, 9.17) is 15.2 Å². The van der Waals surface area contributed by atoms with E-state index >= 15 is 0 Å². The topological polar surface area (TPSA) is 61.5 Å². The lowest BCUT2D eigenvalue weighted by atomic mass is 10.1. The molecule has 1 saturated carbocycles. The van der Waals surface area contributed by atoms with E-state index in [1.54, 1.807) is 18.2 Å². The van der Waals surface area contributed by atoms with Crippen LogP contribution in [0.1, 0.15) is 44.0 Å². The second kappa shape index (κ2) is 4.52. The molecule has 0 bridgehead atoms. The van der Waals surface area contributed by atoms with Gasteiger partial charge in [-0.1, -0.05) is 6.07 Å². The average Bonchev–Trinajstić information content (AvgIpc) is 3.01. The van der Waals surface area contributed by atoms with Gasteiger partial charge in [0.15, 0.2) is 11.5 Å². The lowest BCUT2D eigenvalue weighted by molar-refractivity contribution is 0.0986. The zero-order valence-electron chi connectivity index (χ0n) is 11.0. The van der Waals surface area contributed by atoms with Gasteiger partial charge in [0, 0.05) is 0 Å². The van der Waals surface area contributed by atoms with E-state index < -0.39 is 5.91 Å². The summed E-state index contributed by atoms with van der Waals surface area (Å²) in [6.45, 7) is 5.85. The van der Waals surface area contributed by atoms with E-state index in [1.807, 2.05) is 20.8 Å². The Kier molecular flexibility index (Phi) is 3.20. The molecule has 4 nitrogen and oxygen atoms in total. The van der Waals surface area contributed by atoms with E-state index in [0.717, 1.165) is 12.8 Å². The van der Waals surface area contributed by atoms with Crippen LogP contribution < -0.4 is 15.2 Å². The number of carbonyl (C=O) groups excluding carboxylic acids is 1. The third kappa shape index (κ3) is 3.15. The van der Waals surface area contributed by atoms with Crippen molar-refractivity contribution in [2.75, 3.05) is 0 Å². The maximum atomic E-state index is 11.4. The predicted molar refractivity (Wildman–Crippen MR) is 69.0 cm³/mol. The smallest absolute Gasteiger partial charge is 0.252 e. The Hall–Kier alpha value is -1.71. The summed E-state index contributed by atoms with van der Waals surface area (Å²) in [5.74, 6) is 0.554. The molecule has 0 radical (unpaired) electrons. The highest BCUT2D eigenvalue weighted by Gasteiger charge is 2.28. The number of hydrogen-bond acceptors (Lipinski definition) is 3. The highest BCUT2D eigenvalue weighted by molar-refractivity contribution is 5.96. The van der Waals surface area contributed by atoms with Crippen molar-refractivity contribution in [2.45, 2.75) is 45.3 Å². The highest BCUT2D eigenvalue weighted by Crippen LogP contribution is 2.37. The van der Waals surface area contributed by atoms with Crippen LogP contribution >= 0.6 is 0 Å². The van der Waals surface area contributed by atoms with Crippen molar-refractivity contribution in [3.8, 4) is 11.5 Å². The van der Waals surface area contributed by atoms with E-state index in [1.165, 1.54) is 0 Å². The van der Waals surface area contributed by atoms with Gasteiger partial charge in [0.1, 0.15) is 5.60 Å². The van der Waals surface area contributed by atoms with Gasteiger partial charge in [-0.05, 0) is 45.7 Å². The van der Waals surface area contributed by atoms with Gasteiger partial charge in [-0.3, -0.25) is 4.79 Å². The van der Waals surface area contributed by atoms with Crippen LogP contribution in [0, 0.1) is 0 Å². The number of amides is 1. The molecule has 1 amide bonds. The maximum Gasteiger partial charge on any atom is 0.252 e. The fourth-order valence-electron chi connectivity index (χ4n) is 1.59. The highest BCUT2D eigenvalue weighted by atomic mass is 16.5. The molecule has 0 atom stereocenters. The van der Waals surface area contributed by atoms with Crippen LogP contribution in [0.2, 0.25) is 0 Å². The van der Waals surface area contributed by atoms with Gasteiger partial charge in [0.25, 0.3) is 5.91 Å². The van der Waals surface area contributed by atoms with Gasteiger partial charge in [-0.25, -0.2) is 0 Å². The molecule has 0 saturated heterocycles. The standard InChI is InChI=1S/C14H19NO3/c1-14(2,3)18-11-6-4-5-10(13(15)16)12(11)17-9-7-8-9/h4-6,9H,7-8H2,1-3H3,(H2,15,16). The number of benzene rings is 1. The lowest BCUT2D eigenvalue weighted by Crippen LogP contribution is -2.24. The summed E-state index contributed by atoms with van der Waals surface area (Å²) >= 11 is 0. The SMILES string of the molecule is CC(C)(C)Oc1cccc(C(N)=O)c1OC1CC1. The van der Waals surface area contributed by atoms with Crippen molar-refractivity contribution in [3.63, 3.8) is 0 Å². The Bertz CT molecular complexity index is 459. The number of primary amides is 1. The lowest BCUT2D eigenvalue weighted by Gasteiger charge is -2.24. The van der Waals surface area contributed by atoms with E-state index in [0.29, 0.717) is 17.1 Å². The second-order valence-electron chi connectivity index (χ2n) is 5.53. The molecule has 1 aliphatic carbocycles. The molecule has 1 aromatic rings. The Balaban J connectivity index is 2.36. The molecule has 2 N–H and O–H groups in total. The van der Waals surface area contributed by atoms with Gasteiger partial charge >= 0.3 is 0 Å². The minimum Gasteiger partial charge on any atom is -0.486 e. The third-order valence-electron chi connectivity index (χ3n) is 2.47. The molecule has 0 heterocycles. The maximum absolute atomic E-state index is 11.4. The number of carbonyl (C=O) groups is 1. The third-order valence-corrected chi connectivity index (χ3v) is 2.47. The zero-order chi connectivity index (χ0) is 13.3. The van der Waals surface area contributed by atoms with Crippen molar-refractivity contribution < 1.29 is 14.3 Å². The number of rotatable bonds is 4. The van der Waals surface area contributed by atoms with Gasteiger partial charge in [-0.2, -0.15) is 0 Å². The Morgan fingerprint density at radius 3 is 2.50 bits per heavy atom. The van der Waals surface area contributed by atoms with Crippen LogP contribution in [0.4, 0.5) is 0 Å². The quantitative estimate of drug-likeness (QED) is 0.891. The number of ether oxygens (including phenoxy) is 2. The predicted octanol–water partition coefficient (Wildman–Crippen LogP) is 2.50. The molecule has 0 aromatic heterocycles. The van der Waals surface area contributed by atoms with E-state index in [9.17, 15) is 4.79 Å². The van der Waals surface area contributed by atoms with Crippen molar-refractivity contribution in [2.24, 2.45) is 5.73 Å². The summed E-state index contributed by atoms with van der Waals surface area (Å²) in [6.07, 6.45) is 2.22. The van der Waals surface area contributed by atoms with Gasteiger partial charge in [0.05, 0.1) is 11.7 Å². The van der Waals surface area contributed by atoms with Crippen molar-refractivity contribution in [3.05, 3.63) is 23.8 Å². The van der Waals surface area contributed by atoms with Crippen molar-refractivity contribution in [1.82, 2.24) is 0 Å². The van der Waals surface area contributed by atoms with Crippen molar-refractivity contribution >= 4 is 5.91 Å². The summed E-state index contributed by atoms with van der Waals surface area (Å²) in [7, 11) is 0. The zero-order valence-corrected chi connectivity index (χ0v) is 11.0. The fraction of sp³-hybridized carbons (Fsp3) is 0.500. The molecule has 1 fully saturated rings. The van der Waals surface area contributed by atoms with Crippen molar-refractivity contribution in [1.29, 1.82) is 0 Å². The molecule has 2 rings (SSSR count). The first-order valence-electron chi connectivity index (χ1n) is 6.15. The molecule has 98 valence electrons. The summed E-state index contributed by atoms with van der Waals surface area (Å²) in [4.78, 5) is 11.4. The normalized spacial score (nSPS) is 15.3. The number of hydrogen-bond donors (Lipinski definition) is 1. The van der Waals surface area contributed by atoms with E-state index in [2.05, 4.69) is 0 Å². The molecule has 1 aliphatic rings. The summed E-state index contributed by atoms with van der Waals surface area (Å²) in [5, 5.41) is 0. The number of nitrogens with two attached hydrogens (primary N) is 1. The van der Waals surface area contributed by atoms with Crippen LogP contribution in [0.3, 0.4) is 0 Å². The van der Waals surface area contributed by atoms with Crippen LogP contribution in [-0.2, 0) is 0 Å². The van der Waals surface area contributed by atoms with Gasteiger partial charge in [0.2, 0.25) is 0 Å². The van der Waals surface area contributed by atoms with Gasteiger partial charge in [-0.15, -0.1) is 0 Å². The Morgan fingerprint density at radius 2 is 2.00 bits per heavy atom. The van der Waals surface area contributed by atoms with Crippen LogP contribution in [0.25, 0.3) is 0 Å². The monoisotopic (exact) mass is 249 g/mol. The summed E-state index contributed by atoms with van der Waals surface area (Å²) in [6, 6.07) is 5.21. The Morgan fingerprint density at radius 1 is 1.33 bits per heavy atom. The molecule has 1 aromatic carbocycles. The van der Waals surface area contributed by atoms with E-state index in [-0.39, 0.29) is 11.7 Å². The first-order valence-corrected chi connectivity index (χ1v) is 6.15. The van der Waals surface area contributed by atoms with Crippen LogP contribution in [-0.4, -0.2) is 17.6 Å². The Labute approximate surface area is 107 Å². The molecule has 0 aliphatic heterocycles. The summed E-state index contributed by atoms with van der Waals surface area (Å²) in [5.41, 5.74) is 5.40. The average molecular weight is 249 g/mol. The molecule has 18 heavy (non-hydrogen) atoms. The molecular formula is C14H19NO3. The van der Waals surface area contributed by atoms with Gasteiger partial charge < -0.3 is 15.2 Å².